The second kappa shape index (κ2) is 25.0. The highest BCUT2D eigenvalue weighted by Gasteiger charge is 2.48. The lowest BCUT2D eigenvalue weighted by molar-refractivity contribution is -0.147. The van der Waals surface area contributed by atoms with Gasteiger partial charge in [0.05, 0.1) is 18.1 Å². The van der Waals surface area contributed by atoms with Gasteiger partial charge in [0, 0.05) is 67.0 Å². The number of ketones is 1. The number of carbonyl (C=O) groups is 7. The second-order valence-electron chi connectivity index (χ2n) is 24.5. The van der Waals surface area contributed by atoms with Gasteiger partial charge in [-0.25, -0.2) is 0 Å². The molecule has 3 aromatic rings. The molecular weight excluding hydrogens is 969 g/mol. The van der Waals surface area contributed by atoms with E-state index >= 15 is 0 Å². The number of fused-ring (bicyclic) bond motifs is 3. The number of Topliss-reactive ketones (excluding diaryl/α,β-unsaturated/α-hetero) is 1. The van der Waals surface area contributed by atoms with Crippen molar-refractivity contribution in [2.24, 2.45) is 28.6 Å². The van der Waals surface area contributed by atoms with Crippen LogP contribution in [0.15, 0.2) is 79.0 Å². The summed E-state index contributed by atoms with van der Waals surface area (Å²) in [5, 5.41) is 22.2. The Morgan fingerprint density at radius 3 is 1.83 bits per heavy atom. The monoisotopic (exact) mass is 1050 g/mol. The van der Waals surface area contributed by atoms with E-state index in [9.17, 15) is 33.6 Å². The van der Waals surface area contributed by atoms with Gasteiger partial charge < -0.3 is 42.1 Å². The van der Waals surface area contributed by atoms with Crippen LogP contribution in [0.3, 0.4) is 0 Å². The van der Waals surface area contributed by atoms with Crippen molar-refractivity contribution in [1.29, 1.82) is 0 Å². The van der Waals surface area contributed by atoms with Crippen LogP contribution in [0.5, 0.6) is 0 Å². The second-order valence-corrected chi connectivity index (χ2v) is 24.5. The first kappa shape index (κ1) is 58.3. The molecule has 3 aliphatic carbocycles. The highest BCUT2D eigenvalue weighted by molar-refractivity contribution is 5.96. The van der Waals surface area contributed by atoms with Gasteiger partial charge in [-0.15, -0.1) is 0 Å². The number of rotatable bonds is 19. The summed E-state index contributed by atoms with van der Waals surface area (Å²) >= 11 is 0. The van der Waals surface area contributed by atoms with Gasteiger partial charge in [0.2, 0.25) is 35.4 Å². The van der Waals surface area contributed by atoms with Crippen LogP contribution in [0.25, 0.3) is 0 Å². The number of nitrogens with zero attached hydrogens (tertiary/aromatic N) is 1. The first-order valence-corrected chi connectivity index (χ1v) is 28.2. The van der Waals surface area contributed by atoms with Crippen molar-refractivity contribution in [3.8, 4) is 0 Å². The largest absolute Gasteiger partial charge is 0.377 e. The summed E-state index contributed by atoms with van der Waals surface area (Å²) in [5.74, 6) is -3.62. The van der Waals surface area contributed by atoms with E-state index in [2.05, 4.69) is 68.1 Å². The maximum atomic E-state index is 14.9. The minimum absolute atomic E-state index is 0.0691. The molecule has 0 radical (unpaired) electrons. The van der Waals surface area contributed by atoms with Gasteiger partial charge in [0.25, 0.3) is 0 Å². The smallest absolute Gasteiger partial charge is 0.246 e. The molecule has 0 bridgehead atoms. The van der Waals surface area contributed by atoms with Crippen molar-refractivity contribution in [1.82, 2.24) is 36.8 Å². The highest BCUT2D eigenvalue weighted by atomic mass is 16.2. The van der Waals surface area contributed by atoms with Gasteiger partial charge in [0.1, 0.15) is 12.1 Å². The Labute approximate surface area is 457 Å². The van der Waals surface area contributed by atoms with Crippen LogP contribution in [0, 0.1) is 28.6 Å². The molecular formula is C62H86N8O7. The molecule has 0 saturated heterocycles. The number of amides is 6. The Hall–Kier alpha value is -6.35. The summed E-state index contributed by atoms with van der Waals surface area (Å²) in [5.41, 5.74) is 6.13. The van der Waals surface area contributed by atoms with Gasteiger partial charge in [-0.3, -0.25) is 33.6 Å². The molecule has 7 N–H and O–H groups in total. The van der Waals surface area contributed by atoms with Crippen LogP contribution in [0.1, 0.15) is 166 Å². The van der Waals surface area contributed by atoms with Crippen LogP contribution in [0.2, 0.25) is 0 Å². The molecule has 1 fully saturated rings. The Balaban J connectivity index is 1.04. The number of nitrogens with one attached hydrogen (secondary N) is 7. The average molecular weight is 1060 g/mol. The van der Waals surface area contributed by atoms with Crippen molar-refractivity contribution >= 4 is 46.9 Å². The SMILES string of the molecule is C=C(N[C@H](C(=O)C1CC(NC(=O)CCC(=O)Nc2ccc3c(c2)CN(C(=O)[C@@H](NC(=O)[C@H](C)CC)C(C)(C)C)[C@H](C(=O)NC2CCCc4ccccc42)C3)C[C@H]1C(=O)NC1CCCc2ccccc21)C(C)(C)C)[C@H](C)NC. The number of hydrogen-bond acceptors (Lipinski definition) is 9. The van der Waals surface area contributed by atoms with Crippen molar-refractivity contribution in [3.63, 3.8) is 0 Å². The molecule has 0 aromatic heterocycles. The van der Waals surface area contributed by atoms with Crippen molar-refractivity contribution < 1.29 is 33.6 Å². The molecule has 10 atom stereocenters. The predicted octanol–water partition coefficient (Wildman–Crippen LogP) is 7.83. The molecule has 4 unspecified atom stereocenters. The molecule has 0 spiro atoms. The van der Waals surface area contributed by atoms with E-state index < -0.39 is 52.7 Å². The zero-order valence-electron chi connectivity index (χ0n) is 47.3. The Bertz CT molecular complexity index is 2690. The van der Waals surface area contributed by atoms with E-state index in [1.807, 2.05) is 106 Å². The van der Waals surface area contributed by atoms with Crippen LogP contribution >= 0.6 is 0 Å². The summed E-state index contributed by atoms with van der Waals surface area (Å²) in [4.78, 5) is 101. The third-order valence-corrected chi connectivity index (χ3v) is 16.7. The zero-order chi connectivity index (χ0) is 55.9. The number of benzene rings is 3. The quantitative estimate of drug-likeness (QED) is 0.0624. The zero-order valence-corrected chi connectivity index (χ0v) is 47.3. The molecule has 15 nitrogen and oxygen atoms in total. The molecule has 3 aromatic carbocycles. The normalized spacial score (nSPS) is 22.5. The fourth-order valence-corrected chi connectivity index (χ4v) is 11.7. The molecule has 6 amide bonds. The molecule has 1 heterocycles. The van der Waals surface area contributed by atoms with Gasteiger partial charge in [-0.1, -0.05) is 117 Å². The minimum Gasteiger partial charge on any atom is -0.377 e. The van der Waals surface area contributed by atoms with Crippen molar-refractivity contribution in [2.75, 3.05) is 12.4 Å². The Kier molecular flexibility index (Phi) is 18.9. The van der Waals surface area contributed by atoms with Crippen LogP contribution < -0.4 is 37.2 Å². The molecule has 416 valence electrons. The maximum absolute atomic E-state index is 14.9. The number of anilines is 1. The molecule has 15 heteroatoms. The summed E-state index contributed by atoms with van der Waals surface area (Å²) in [7, 11) is 1.83. The summed E-state index contributed by atoms with van der Waals surface area (Å²) in [6.45, 7) is 21.7. The lowest BCUT2D eigenvalue weighted by Crippen LogP contribution is -2.61. The number of carbonyl (C=O) groups excluding carboxylic acids is 7. The first-order chi connectivity index (χ1) is 36.5. The lowest BCUT2D eigenvalue weighted by Gasteiger charge is -2.42. The van der Waals surface area contributed by atoms with Crippen molar-refractivity contribution in [2.45, 2.75) is 188 Å². The van der Waals surface area contributed by atoms with E-state index in [0.717, 1.165) is 60.8 Å². The van der Waals surface area contributed by atoms with Gasteiger partial charge in [-0.05, 0) is 128 Å². The van der Waals surface area contributed by atoms with E-state index in [1.54, 1.807) is 11.0 Å². The third-order valence-electron chi connectivity index (χ3n) is 16.7. The maximum Gasteiger partial charge on any atom is 0.246 e. The summed E-state index contributed by atoms with van der Waals surface area (Å²) in [6, 6.07) is 18.3. The van der Waals surface area contributed by atoms with E-state index in [-0.39, 0.29) is 98.0 Å². The topological polar surface area (TPSA) is 207 Å². The molecule has 77 heavy (non-hydrogen) atoms. The van der Waals surface area contributed by atoms with E-state index in [4.69, 9.17) is 0 Å². The molecule has 7 rings (SSSR count). The Morgan fingerprint density at radius 2 is 1.25 bits per heavy atom. The number of likely N-dealkylation sites (N-methyl/N-ethyl adjacent to an activating group) is 1. The third kappa shape index (κ3) is 14.2. The highest BCUT2D eigenvalue weighted by Crippen LogP contribution is 2.39. The van der Waals surface area contributed by atoms with Crippen LogP contribution in [0.4, 0.5) is 5.69 Å². The molecule has 1 aliphatic heterocycles. The fraction of sp³-hybridized carbons (Fsp3) is 0.565. The summed E-state index contributed by atoms with van der Waals surface area (Å²) < 4.78 is 0. The van der Waals surface area contributed by atoms with Crippen molar-refractivity contribution in [3.05, 3.63) is 112 Å². The van der Waals surface area contributed by atoms with Crippen LogP contribution in [-0.4, -0.2) is 83.4 Å². The first-order valence-electron chi connectivity index (χ1n) is 28.2. The number of hydrogen-bond donors (Lipinski definition) is 7. The van der Waals surface area contributed by atoms with Crippen LogP contribution in [-0.2, 0) is 59.4 Å². The Morgan fingerprint density at radius 1 is 0.675 bits per heavy atom. The predicted molar refractivity (Wildman–Crippen MR) is 301 cm³/mol. The molecule has 4 aliphatic rings. The number of aryl methyl sites for hydroxylation is 2. The van der Waals surface area contributed by atoms with E-state index in [0.29, 0.717) is 17.8 Å². The van der Waals surface area contributed by atoms with E-state index in [1.165, 1.54) is 11.1 Å². The summed E-state index contributed by atoms with van der Waals surface area (Å²) in [6.07, 6.45) is 6.43. The molecule has 1 saturated carbocycles. The van der Waals surface area contributed by atoms with Gasteiger partial charge in [-0.2, -0.15) is 0 Å². The fourth-order valence-electron chi connectivity index (χ4n) is 11.7. The lowest BCUT2D eigenvalue weighted by atomic mass is 9.77. The van der Waals surface area contributed by atoms with Gasteiger partial charge >= 0.3 is 0 Å². The van der Waals surface area contributed by atoms with Gasteiger partial charge in [0.15, 0.2) is 5.78 Å². The average Bonchev–Trinajstić information content (AvgIpc) is 3.84. The standard InChI is InChI=1S/C62H86N8O7/c1-12-36(2)57(74)69-56(62(8,9)10)60(77)70-35-42-31-43(28-27-41(42)32-51(70)59(76)68-50-26-18-22-40-20-14-16-24-46(40)50)65-52(71)29-30-53(72)66-44-33-47(54(73)55(61(5,6)7)64-38(4)37(3)63-11)48(34-44)58(75)67-49-25-17-21-39-19-13-15-23-45(39)49/h13-16,19-20,23-24,27-28,31,36-37,44,47-51,55-56,63-64H,4,12,17-18,21-22,25-26,29-30,32-35H2,1-3,5-11H3,(H,65,71)(H,66,72)(H,67,75)(H,68,76)(H,69,74)/t36-,37+,44?,47?,48-,49?,50?,51+,55-,56-/m1/s1. The minimum atomic E-state index is -0.918.